The summed E-state index contributed by atoms with van der Waals surface area (Å²) >= 11 is 0. The van der Waals surface area contributed by atoms with Crippen LogP contribution in [0.25, 0.3) is 0 Å². The first-order chi connectivity index (χ1) is 12.5. The lowest BCUT2D eigenvalue weighted by Crippen LogP contribution is -2.60. The minimum Gasteiger partial charge on any atom is -0.372 e. The number of benzene rings is 1. The van der Waals surface area contributed by atoms with Gasteiger partial charge in [0.15, 0.2) is 0 Å². The Labute approximate surface area is 153 Å². The van der Waals surface area contributed by atoms with Gasteiger partial charge < -0.3 is 20.0 Å². The summed E-state index contributed by atoms with van der Waals surface area (Å²) in [5.74, 6) is -0.492. The van der Waals surface area contributed by atoms with E-state index in [1.165, 1.54) is 24.7 Å². The van der Waals surface area contributed by atoms with Crippen LogP contribution in [0.15, 0.2) is 24.3 Å². The molecule has 0 saturated carbocycles. The number of nitrogens with zero attached hydrogens (tertiary/aromatic N) is 3. The molecule has 0 radical (unpaired) electrons. The molecule has 1 atom stereocenters. The summed E-state index contributed by atoms with van der Waals surface area (Å²) < 4.78 is 0. The van der Waals surface area contributed by atoms with Gasteiger partial charge in [0.2, 0.25) is 11.8 Å². The number of carbonyl (C=O) groups excluding carboxylic acids is 3. The van der Waals surface area contributed by atoms with Crippen LogP contribution in [0.4, 0.5) is 5.69 Å². The van der Waals surface area contributed by atoms with E-state index in [2.05, 4.69) is 10.2 Å². The second-order valence-corrected chi connectivity index (χ2v) is 6.84. The molecule has 1 aromatic rings. The Morgan fingerprint density at radius 3 is 2.46 bits per heavy atom. The van der Waals surface area contributed by atoms with E-state index in [0.717, 1.165) is 18.8 Å². The third-order valence-corrected chi connectivity index (χ3v) is 5.19. The van der Waals surface area contributed by atoms with E-state index in [9.17, 15) is 14.4 Å². The number of hydrogen-bond donors (Lipinski definition) is 1. The summed E-state index contributed by atoms with van der Waals surface area (Å²) in [6, 6.07) is 7.04. The molecule has 2 saturated heterocycles. The van der Waals surface area contributed by atoms with Crippen molar-refractivity contribution < 1.29 is 14.4 Å². The Balaban J connectivity index is 1.76. The van der Waals surface area contributed by atoms with Gasteiger partial charge in [-0.05, 0) is 31.0 Å². The lowest BCUT2D eigenvalue weighted by atomic mass is 10.1. The first-order valence-electron chi connectivity index (χ1n) is 9.14. The third-order valence-electron chi connectivity index (χ3n) is 5.19. The average Bonchev–Trinajstić information content (AvgIpc) is 3.21. The van der Waals surface area contributed by atoms with Gasteiger partial charge >= 0.3 is 0 Å². The second kappa shape index (κ2) is 7.76. The number of likely N-dealkylation sites (N-methyl/N-ethyl adjacent to an activating group) is 1. The van der Waals surface area contributed by atoms with Crippen molar-refractivity contribution >= 4 is 23.4 Å². The molecule has 0 aromatic heterocycles. The Bertz CT molecular complexity index is 700. The highest BCUT2D eigenvalue weighted by atomic mass is 16.2. The van der Waals surface area contributed by atoms with Crippen molar-refractivity contribution in [1.29, 1.82) is 0 Å². The number of nitrogens with one attached hydrogen (secondary N) is 1. The molecule has 0 unspecified atom stereocenters. The van der Waals surface area contributed by atoms with Crippen molar-refractivity contribution in [3.8, 4) is 0 Å². The monoisotopic (exact) mass is 358 g/mol. The number of rotatable bonds is 3. The summed E-state index contributed by atoms with van der Waals surface area (Å²) in [4.78, 5) is 42.4. The Morgan fingerprint density at radius 1 is 1.08 bits per heavy atom. The van der Waals surface area contributed by atoms with Crippen LogP contribution >= 0.6 is 0 Å². The highest BCUT2D eigenvalue weighted by Gasteiger charge is 2.35. The highest BCUT2D eigenvalue weighted by molar-refractivity contribution is 5.96. The molecule has 2 fully saturated rings. The molecule has 7 nitrogen and oxygen atoms in total. The maximum absolute atomic E-state index is 13.0. The summed E-state index contributed by atoms with van der Waals surface area (Å²) in [6.07, 6.45) is 2.36. The van der Waals surface area contributed by atoms with Crippen molar-refractivity contribution in [2.24, 2.45) is 0 Å². The number of amides is 3. The van der Waals surface area contributed by atoms with E-state index in [1.54, 1.807) is 11.9 Å². The Hall–Kier alpha value is -2.57. The van der Waals surface area contributed by atoms with Crippen LogP contribution in [0, 0.1) is 0 Å². The molecule has 3 rings (SSSR count). The fourth-order valence-corrected chi connectivity index (χ4v) is 3.73. The van der Waals surface area contributed by atoms with Gasteiger partial charge in [-0.3, -0.25) is 14.4 Å². The van der Waals surface area contributed by atoms with Crippen molar-refractivity contribution in [3.05, 3.63) is 29.8 Å². The van der Waals surface area contributed by atoms with Crippen LogP contribution in [0.3, 0.4) is 0 Å². The standard InChI is InChI=1S/C19H26N4O3/c1-14(24)23-11-10-22(13-17(23)18(25)20-2)19(26)15-6-5-7-16(12-15)21-8-3-4-9-21/h5-7,12,17H,3-4,8-11,13H2,1-2H3,(H,20,25)/t17-/m0/s1. The van der Waals surface area contributed by atoms with Crippen LogP contribution in [0.2, 0.25) is 0 Å². The normalized spacial score (nSPS) is 20.2. The molecule has 0 aliphatic carbocycles. The van der Waals surface area contributed by atoms with Crippen LogP contribution in [-0.4, -0.2) is 73.3 Å². The molecule has 26 heavy (non-hydrogen) atoms. The fourth-order valence-electron chi connectivity index (χ4n) is 3.73. The van der Waals surface area contributed by atoms with Crippen molar-refractivity contribution in [3.63, 3.8) is 0 Å². The van der Waals surface area contributed by atoms with Crippen molar-refractivity contribution in [1.82, 2.24) is 15.1 Å². The summed E-state index contributed by atoms with van der Waals surface area (Å²) in [6.45, 7) is 4.51. The number of anilines is 1. The molecule has 3 amide bonds. The number of piperazine rings is 1. The minimum atomic E-state index is -0.642. The van der Waals surface area contributed by atoms with Crippen molar-refractivity contribution in [2.45, 2.75) is 25.8 Å². The van der Waals surface area contributed by atoms with E-state index >= 15 is 0 Å². The van der Waals surface area contributed by atoms with Crippen LogP contribution in [-0.2, 0) is 9.59 Å². The topological polar surface area (TPSA) is 73.0 Å². The molecule has 1 aromatic carbocycles. The SMILES string of the molecule is CNC(=O)[C@@H]1CN(C(=O)c2cccc(N3CCCC3)c2)CCN1C(C)=O. The lowest BCUT2D eigenvalue weighted by molar-refractivity contribution is -0.141. The molecule has 140 valence electrons. The van der Waals surface area contributed by atoms with Crippen molar-refractivity contribution in [2.75, 3.05) is 44.7 Å². The molecule has 1 N–H and O–H groups in total. The molecule has 2 heterocycles. The maximum atomic E-state index is 13.0. The summed E-state index contributed by atoms with van der Waals surface area (Å²) in [5, 5.41) is 2.59. The smallest absolute Gasteiger partial charge is 0.254 e. The fraction of sp³-hybridized carbons (Fsp3) is 0.526. The van der Waals surface area contributed by atoms with Crippen LogP contribution < -0.4 is 10.2 Å². The van der Waals surface area contributed by atoms with Gasteiger partial charge in [0.05, 0.1) is 6.54 Å². The van der Waals surface area contributed by atoms with Gasteiger partial charge in [-0.2, -0.15) is 0 Å². The van der Waals surface area contributed by atoms with E-state index in [4.69, 9.17) is 0 Å². The van der Waals surface area contributed by atoms with Gasteiger partial charge in [-0.1, -0.05) is 6.07 Å². The molecular weight excluding hydrogens is 332 g/mol. The molecular formula is C19H26N4O3. The molecule has 2 aliphatic heterocycles. The quantitative estimate of drug-likeness (QED) is 0.864. The zero-order chi connectivity index (χ0) is 18.7. The second-order valence-electron chi connectivity index (χ2n) is 6.84. The lowest BCUT2D eigenvalue weighted by Gasteiger charge is -2.40. The Morgan fingerprint density at radius 2 is 1.81 bits per heavy atom. The zero-order valence-electron chi connectivity index (χ0n) is 15.4. The average molecular weight is 358 g/mol. The maximum Gasteiger partial charge on any atom is 0.254 e. The largest absolute Gasteiger partial charge is 0.372 e. The predicted octanol–water partition coefficient (Wildman–Crippen LogP) is 0.706. The molecule has 0 bridgehead atoms. The van der Waals surface area contributed by atoms with Gasteiger partial charge in [0, 0.05) is 51.4 Å². The van der Waals surface area contributed by atoms with Gasteiger partial charge in [-0.15, -0.1) is 0 Å². The zero-order valence-corrected chi connectivity index (χ0v) is 15.4. The first kappa shape index (κ1) is 18.2. The third kappa shape index (κ3) is 3.66. The van der Waals surface area contributed by atoms with Gasteiger partial charge in [-0.25, -0.2) is 0 Å². The highest BCUT2D eigenvalue weighted by Crippen LogP contribution is 2.22. The first-order valence-corrected chi connectivity index (χ1v) is 9.14. The summed E-state index contributed by atoms with van der Waals surface area (Å²) in [7, 11) is 1.54. The number of hydrogen-bond acceptors (Lipinski definition) is 4. The molecule has 2 aliphatic rings. The van der Waals surface area contributed by atoms with Crippen LogP contribution in [0.1, 0.15) is 30.1 Å². The number of carbonyl (C=O) groups is 3. The van der Waals surface area contributed by atoms with E-state index in [-0.39, 0.29) is 24.3 Å². The predicted molar refractivity (Wildman–Crippen MR) is 99.0 cm³/mol. The minimum absolute atomic E-state index is 0.0943. The van der Waals surface area contributed by atoms with Crippen LogP contribution in [0.5, 0.6) is 0 Å². The molecule has 0 spiro atoms. The van der Waals surface area contributed by atoms with Gasteiger partial charge in [0.25, 0.3) is 5.91 Å². The van der Waals surface area contributed by atoms with Gasteiger partial charge in [0.1, 0.15) is 6.04 Å². The Kier molecular flexibility index (Phi) is 5.44. The summed E-state index contributed by atoms with van der Waals surface area (Å²) in [5.41, 5.74) is 1.69. The molecule has 7 heteroatoms. The van der Waals surface area contributed by atoms with E-state index in [0.29, 0.717) is 18.7 Å². The van der Waals surface area contributed by atoms with E-state index < -0.39 is 6.04 Å². The van der Waals surface area contributed by atoms with E-state index in [1.807, 2.05) is 24.3 Å².